The van der Waals surface area contributed by atoms with Crippen LogP contribution in [0.15, 0.2) is 36.9 Å². The van der Waals surface area contributed by atoms with Crippen molar-refractivity contribution < 1.29 is 13.5 Å². The Hall–Kier alpha value is -1.64. The van der Waals surface area contributed by atoms with E-state index in [-0.39, 0.29) is 18.3 Å². The van der Waals surface area contributed by atoms with Crippen molar-refractivity contribution in [1.82, 2.24) is 0 Å². The summed E-state index contributed by atoms with van der Waals surface area (Å²) in [4.78, 5) is 0. The predicted molar refractivity (Wildman–Crippen MR) is 132 cm³/mol. The fourth-order valence-electron chi connectivity index (χ4n) is 7.17. The highest BCUT2D eigenvalue weighted by Crippen LogP contribution is 2.50. The van der Waals surface area contributed by atoms with Gasteiger partial charge in [0.2, 0.25) is 0 Å². The first-order chi connectivity index (χ1) is 16.1. The van der Waals surface area contributed by atoms with Crippen molar-refractivity contribution in [2.45, 2.75) is 89.9 Å². The van der Waals surface area contributed by atoms with Gasteiger partial charge in [-0.05, 0) is 131 Å². The molecule has 0 heterocycles. The summed E-state index contributed by atoms with van der Waals surface area (Å²) in [5, 5.41) is 0. The van der Waals surface area contributed by atoms with Gasteiger partial charge in [0.05, 0.1) is 0 Å². The Bertz CT molecular complexity index is 785. The van der Waals surface area contributed by atoms with E-state index in [2.05, 4.69) is 12.7 Å². The van der Waals surface area contributed by atoms with Gasteiger partial charge in [0.1, 0.15) is 6.61 Å². The summed E-state index contributed by atoms with van der Waals surface area (Å²) in [5.74, 6) is 3.38. The first-order valence-electron chi connectivity index (χ1n) is 13.4. The van der Waals surface area contributed by atoms with Gasteiger partial charge in [-0.15, -0.1) is 6.58 Å². The zero-order valence-electron chi connectivity index (χ0n) is 20.4. The minimum absolute atomic E-state index is 0.188. The molecule has 3 aliphatic carbocycles. The van der Waals surface area contributed by atoms with Crippen LogP contribution in [0.3, 0.4) is 0 Å². The van der Waals surface area contributed by atoms with Gasteiger partial charge >= 0.3 is 0 Å². The van der Waals surface area contributed by atoms with E-state index in [9.17, 15) is 8.78 Å². The summed E-state index contributed by atoms with van der Waals surface area (Å²) in [7, 11) is 0. The van der Waals surface area contributed by atoms with E-state index in [1.165, 1.54) is 76.3 Å². The smallest absolute Gasteiger partial charge is 0.191 e. The molecule has 0 saturated heterocycles. The molecule has 1 aromatic rings. The number of benzene rings is 1. The van der Waals surface area contributed by atoms with Crippen molar-refractivity contribution in [2.24, 2.45) is 29.6 Å². The maximum Gasteiger partial charge on any atom is 0.191 e. The lowest BCUT2D eigenvalue weighted by Crippen LogP contribution is -2.34. The third kappa shape index (κ3) is 6.08. The molecule has 4 unspecified atom stereocenters. The lowest BCUT2D eigenvalue weighted by molar-refractivity contribution is 0.0621. The second-order valence-corrected chi connectivity index (χ2v) is 10.9. The van der Waals surface area contributed by atoms with Crippen LogP contribution in [0.5, 0.6) is 5.75 Å². The Balaban J connectivity index is 1.28. The highest BCUT2D eigenvalue weighted by molar-refractivity contribution is 5.33. The summed E-state index contributed by atoms with van der Waals surface area (Å²) < 4.78 is 34.3. The number of rotatable bonds is 8. The van der Waals surface area contributed by atoms with Crippen LogP contribution < -0.4 is 4.74 Å². The maximum absolute atomic E-state index is 14.5. The first-order valence-corrected chi connectivity index (χ1v) is 13.4. The van der Waals surface area contributed by atoms with E-state index in [0.717, 1.165) is 48.0 Å². The molecular weight excluding hydrogens is 414 g/mol. The summed E-state index contributed by atoms with van der Waals surface area (Å²) in [6.07, 6.45) is 21.2. The Labute approximate surface area is 199 Å². The molecule has 0 radical (unpaired) electrons. The standard InChI is InChI=1S/C30H42F2O/c1-3-5-7-21-8-9-26-18-25(15-14-24(26)17-21)22-10-12-23(13-11-22)27-19-28(31)30(29(32)20-27)33-16-6-4-2/h3-4,6,19-26H,1,5,7-18H2,2H3. The zero-order valence-corrected chi connectivity index (χ0v) is 20.4. The molecule has 4 atom stereocenters. The number of allylic oxidation sites excluding steroid dienone is 2. The van der Waals surface area contributed by atoms with Gasteiger partial charge in [-0.25, -0.2) is 8.78 Å². The molecule has 33 heavy (non-hydrogen) atoms. The fourth-order valence-corrected chi connectivity index (χ4v) is 7.17. The van der Waals surface area contributed by atoms with Crippen molar-refractivity contribution in [3.63, 3.8) is 0 Å². The van der Waals surface area contributed by atoms with Crippen molar-refractivity contribution in [3.05, 3.63) is 54.1 Å². The summed E-state index contributed by atoms with van der Waals surface area (Å²) in [5.41, 5.74) is 0.809. The van der Waals surface area contributed by atoms with Crippen LogP contribution in [-0.4, -0.2) is 6.61 Å². The van der Waals surface area contributed by atoms with Gasteiger partial charge in [-0.1, -0.05) is 24.6 Å². The molecule has 3 heteroatoms. The van der Waals surface area contributed by atoms with E-state index in [1.54, 1.807) is 6.08 Å². The Morgan fingerprint density at radius 1 is 0.879 bits per heavy atom. The highest BCUT2D eigenvalue weighted by Gasteiger charge is 2.38. The SMILES string of the molecule is C=CCCC1CCC2CC(C3CCC(c4cc(F)c(OCC=CC)c(F)c4)CC3)CCC2C1. The normalized spacial score (nSPS) is 32.5. The third-order valence-electron chi connectivity index (χ3n) is 9.03. The second kappa shape index (κ2) is 11.7. The summed E-state index contributed by atoms with van der Waals surface area (Å²) in [6.45, 7) is 5.94. The average Bonchev–Trinajstić information content (AvgIpc) is 2.84. The predicted octanol–water partition coefficient (Wildman–Crippen LogP) is 8.99. The van der Waals surface area contributed by atoms with E-state index >= 15 is 0 Å². The molecule has 0 aliphatic heterocycles. The van der Waals surface area contributed by atoms with Crippen LogP contribution in [0.2, 0.25) is 0 Å². The van der Waals surface area contributed by atoms with Gasteiger partial charge < -0.3 is 4.74 Å². The third-order valence-corrected chi connectivity index (χ3v) is 9.03. The molecule has 3 fully saturated rings. The fraction of sp³-hybridized carbons (Fsp3) is 0.667. The van der Waals surface area contributed by atoms with Gasteiger partial charge in [0, 0.05) is 0 Å². The number of fused-ring (bicyclic) bond motifs is 1. The molecule has 182 valence electrons. The molecule has 0 aromatic heterocycles. The molecule has 0 spiro atoms. The lowest BCUT2D eigenvalue weighted by Gasteiger charge is -2.45. The Kier molecular flexibility index (Phi) is 8.66. The monoisotopic (exact) mass is 456 g/mol. The number of halogens is 2. The van der Waals surface area contributed by atoms with Gasteiger partial charge in [-0.2, -0.15) is 0 Å². The van der Waals surface area contributed by atoms with Crippen LogP contribution in [0.25, 0.3) is 0 Å². The van der Waals surface area contributed by atoms with Crippen molar-refractivity contribution >= 4 is 0 Å². The molecule has 0 N–H and O–H groups in total. The molecule has 3 saturated carbocycles. The Morgan fingerprint density at radius 2 is 1.48 bits per heavy atom. The Morgan fingerprint density at radius 3 is 2.15 bits per heavy atom. The highest BCUT2D eigenvalue weighted by atomic mass is 19.1. The number of ether oxygens (including phenoxy) is 1. The van der Waals surface area contributed by atoms with Gasteiger partial charge in [0.25, 0.3) is 0 Å². The maximum atomic E-state index is 14.5. The quantitative estimate of drug-likeness (QED) is 0.355. The second-order valence-electron chi connectivity index (χ2n) is 10.9. The topological polar surface area (TPSA) is 9.23 Å². The van der Waals surface area contributed by atoms with E-state index < -0.39 is 11.6 Å². The van der Waals surface area contributed by atoms with Crippen LogP contribution >= 0.6 is 0 Å². The van der Waals surface area contributed by atoms with Crippen LogP contribution in [0, 0.1) is 41.2 Å². The number of hydrogen-bond donors (Lipinski definition) is 0. The molecule has 3 aliphatic rings. The van der Waals surface area contributed by atoms with E-state index in [1.807, 2.05) is 13.0 Å². The molecule has 1 nitrogen and oxygen atoms in total. The molecule has 4 rings (SSSR count). The summed E-state index contributed by atoms with van der Waals surface area (Å²) >= 11 is 0. The van der Waals surface area contributed by atoms with E-state index in [0.29, 0.717) is 0 Å². The van der Waals surface area contributed by atoms with Crippen LogP contribution in [-0.2, 0) is 0 Å². The first kappa shape index (κ1) is 24.5. The van der Waals surface area contributed by atoms with Gasteiger partial charge in [-0.3, -0.25) is 0 Å². The minimum atomic E-state index is -0.571. The largest absolute Gasteiger partial charge is 0.483 e. The van der Waals surface area contributed by atoms with Crippen molar-refractivity contribution in [2.75, 3.05) is 6.61 Å². The molecule has 0 bridgehead atoms. The average molecular weight is 457 g/mol. The van der Waals surface area contributed by atoms with Crippen LogP contribution in [0.1, 0.15) is 95.5 Å². The van der Waals surface area contributed by atoms with Crippen molar-refractivity contribution in [1.29, 1.82) is 0 Å². The molecular formula is C30H42F2O. The molecule has 1 aromatic carbocycles. The van der Waals surface area contributed by atoms with Gasteiger partial charge in [0.15, 0.2) is 17.4 Å². The van der Waals surface area contributed by atoms with E-state index in [4.69, 9.17) is 4.74 Å². The zero-order chi connectivity index (χ0) is 23.2. The summed E-state index contributed by atoms with van der Waals surface area (Å²) in [6, 6.07) is 3.02. The van der Waals surface area contributed by atoms with Crippen LogP contribution in [0.4, 0.5) is 8.78 Å². The number of hydrogen-bond acceptors (Lipinski definition) is 1. The van der Waals surface area contributed by atoms with Crippen molar-refractivity contribution in [3.8, 4) is 5.75 Å². The lowest BCUT2D eigenvalue weighted by atomic mass is 9.60. The molecule has 0 amide bonds. The minimum Gasteiger partial charge on any atom is -0.483 e.